The van der Waals surface area contributed by atoms with E-state index in [1.54, 1.807) is 0 Å². The molecule has 138 valence electrons. The number of amides is 1. The standard InChI is InChI=1S/C20H31N3O2/c1-15-7-10-23(11-8-15)14-18-6-4-3-5-17(18)13-22-20(24)19-16(2)25-12-9-21-19/h3-6,15-16,19,21H,7-14H2,1-2H3,(H,22,24)/t16-,19+/m1/s1. The second kappa shape index (κ2) is 8.79. The van der Waals surface area contributed by atoms with Gasteiger partial charge in [-0.1, -0.05) is 31.2 Å². The molecular weight excluding hydrogens is 314 g/mol. The third-order valence-corrected chi connectivity index (χ3v) is 5.44. The molecule has 5 heteroatoms. The summed E-state index contributed by atoms with van der Waals surface area (Å²) in [4.78, 5) is 15.0. The first-order valence-corrected chi connectivity index (χ1v) is 9.55. The van der Waals surface area contributed by atoms with Crippen LogP contribution in [0.3, 0.4) is 0 Å². The van der Waals surface area contributed by atoms with E-state index >= 15 is 0 Å². The Bertz CT molecular complexity index is 570. The Kier molecular flexibility index (Phi) is 6.45. The van der Waals surface area contributed by atoms with Crippen LogP contribution in [0.2, 0.25) is 0 Å². The summed E-state index contributed by atoms with van der Waals surface area (Å²) >= 11 is 0. The zero-order valence-corrected chi connectivity index (χ0v) is 15.5. The summed E-state index contributed by atoms with van der Waals surface area (Å²) < 4.78 is 5.57. The molecule has 5 nitrogen and oxygen atoms in total. The topological polar surface area (TPSA) is 53.6 Å². The number of hydrogen-bond donors (Lipinski definition) is 2. The first-order chi connectivity index (χ1) is 12.1. The molecular formula is C20H31N3O2. The van der Waals surface area contributed by atoms with Crippen LogP contribution in [0.25, 0.3) is 0 Å². The largest absolute Gasteiger partial charge is 0.375 e. The molecule has 1 amide bonds. The summed E-state index contributed by atoms with van der Waals surface area (Å²) in [6.07, 6.45) is 2.48. The van der Waals surface area contributed by atoms with Crippen LogP contribution in [-0.2, 0) is 22.6 Å². The number of likely N-dealkylation sites (tertiary alicyclic amines) is 1. The van der Waals surface area contributed by atoms with Gasteiger partial charge in [0.25, 0.3) is 0 Å². The number of rotatable bonds is 5. The van der Waals surface area contributed by atoms with Gasteiger partial charge in [0.15, 0.2) is 0 Å². The van der Waals surface area contributed by atoms with Crippen molar-refractivity contribution in [1.29, 1.82) is 0 Å². The van der Waals surface area contributed by atoms with E-state index in [1.165, 1.54) is 37.1 Å². The Morgan fingerprint density at radius 3 is 2.68 bits per heavy atom. The monoisotopic (exact) mass is 345 g/mol. The molecule has 2 saturated heterocycles. The predicted octanol–water partition coefficient (Wildman–Crippen LogP) is 1.91. The maximum atomic E-state index is 12.5. The molecule has 2 aliphatic rings. The summed E-state index contributed by atoms with van der Waals surface area (Å²) in [6, 6.07) is 8.18. The van der Waals surface area contributed by atoms with Crippen LogP contribution in [0, 0.1) is 5.92 Å². The Morgan fingerprint density at radius 2 is 1.96 bits per heavy atom. The fourth-order valence-corrected chi connectivity index (χ4v) is 3.66. The van der Waals surface area contributed by atoms with Crippen molar-refractivity contribution in [3.63, 3.8) is 0 Å². The van der Waals surface area contributed by atoms with Crippen LogP contribution in [0.1, 0.15) is 37.8 Å². The third-order valence-electron chi connectivity index (χ3n) is 5.44. The highest BCUT2D eigenvalue weighted by Crippen LogP contribution is 2.19. The Hall–Kier alpha value is -1.43. The summed E-state index contributed by atoms with van der Waals surface area (Å²) in [5.74, 6) is 0.867. The summed E-state index contributed by atoms with van der Waals surface area (Å²) in [5.41, 5.74) is 2.53. The van der Waals surface area contributed by atoms with Crippen LogP contribution < -0.4 is 10.6 Å². The van der Waals surface area contributed by atoms with Crippen molar-refractivity contribution in [2.24, 2.45) is 5.92 Å². The molecule has 0 bridgehead atoms. The molecule has 2 heterocycles. The zero-order valence-electron chi connectivity index (χ0n) is 15.5. The van der Waals surface area contributed by atoms with Crippen molar-refractivity contribution in [1.82, 2.24) is 15.5 Å². The lowest BCUT2D eigenvalue weighted by molar-refractivity contribution is -0.129. The number of ether oxygens (including phenoxy) is 1. The SMILES string of the molecule is CC1CCN(Cc2ccccc2CNC(=O)[C@H]2NCCO[C@@H]2C)CC1. The van der Waals surface area contributed by atoms with Crippen molar-refractivity contribution in [3.8, 4) is 0 Å². The number of piperidine rings is 1. The number of nitrogens with one attached hydrogen (secondary N) is 2. The highest BCUT2D eigenvalue weighted by Gasteiger charge is 2.28. The molecule has 2 aliphatic heterocycles. The molecule has 0 aromatic heterocycles. The summed E-state index contributed by atoms with van der Waals surface area (Å²) in [5, 5.41) is 6.33. The molecule has 1 aromatic rings. The quantitative estimate of drug-likeness (QED) is 0.856. The minimum absolute atomic E-state index is 0.0220. The van der Waals surface area contributed by atoms with E-state index in [4.69, 9.17) is 4.74 Å². The number of morpholine rings is 1. The second-order valence-corrected chi connectivity index (χ2v) is 7.45. The van der Waals surface area contributed by atoms with Crippen LogP contribution in [0.15, 0.2) is 24.3 Å². The van der Waals surface area contributed by atoms with Gasteiger partial charge in [-0.2, -0.15) is 0 Å². The molecule has 1 aromatic carbocycles. The van der Waals surface area contributed by atoms with E-state index < -0.39 is 0 Å². The van der Waals surface area contributed by atoms with Crippen LogP contribution >= 0.6 is 0 Å². The fourth-order valence-electron chi connectivity index (χ4n) is 3.66. The van der Waals surface area contributed by atoms with Crippen molar-refractivity contribution < 1.29 is 9.53 Å². The van der Waals surface area contributed by atoms with Gasteiger partial charge >= 0.3 is 0 Å². The zero-order chi connectivity index (χ0) is 17.6. The van der Waals surface area contributed by atoms with Gasteiger partial charge in [0.2, 0.25) is 5.91 Å². The van der Waals surface area contributed by atoms with Crippen molar-refractivity contribution in [2.45, 2.75) is 51.9 Å². The lowest BCUT2D eigenvalue weighted by atomic mass is 9.98. The minimum Gasteiger partial charge on any atom is -0.375 e. The molecule has 0 radical (unpaired) electrons. The number of hydrogen-bond acceptors (Lipinski definition) is 4. The first kappa shape index (κ1) is 18.4. The summed E-state index contributed by atoms with van der Waals surface area (Å²) in [6.45, 7) is 9.57. The van der Waals surface area contributed by atoms with E-state index in [1.807, 2.05) is 13.0 Å². The van der Waals surface area contributed by atoms with Gasteiger partial charge in [0, 0.05) is 19.6 Å². The molecule has 2 N–H and O–H groups in total. The average molecular weight is 345 g/mol. The first-order valence-electron chi connectivity index (χ1n) is 9.55. The van der Waals surface area contributed by atoms with E-state index in [9.17, 15) is 4.79 Å². The number of carbonyl (C=O) groups is 1. The molecule has 0 saturated carbocycles. The van der Waals surface area contributed by atoms with Crippen molar-refractivity contribution in [2.75, 3.05) is 26.2 Å². The molecule has 2 fully saturated rings. The van der Waals surface area contributed by atoms with Crippen LogP contribution in [-0.4, -0.2) is 49.2 Å². The number of carbonyl (C=O) groups excluding carboxylic acids is 1. The van der Waals surface area contributed by atoms with E-state index in [0.29, 0.717) is 13.2 Å². The molecule has 0 spiro atoms. The average Bonchev–Trinajstić information content (AvgIpc) is 2.63. The van der Waals surface area contributed by atoms with Gasteiger partial charge in [-0.15, -0.1) is 0 Å². The van der Waals surface area contributed by atoms with Crippen molar-refractivity contribution in [3.05, 3.63) is 35.4 Å². The van der Waals surface area contributed by atoms with Gasteiger partial charge in [-0.25, -0.2) is 0 Å². The minimum atomic E-state index is -0.260. The lowest BCUT2D eigenvalue weighted by Gasteiger charge is -2.31. The Morgan fingerprint density at radius 1 is 1.24 bits per heavy atom. The maximum Gasteiger partial charge on any atom is 0.240 e. The second-order valence-electron chi connectivity index (χ2n) is 7.45. The van der Waals surface area contributed by atoms with Gasteiger partial charge in [0.05, 0.1) is 12.7 Å². The molecule has 0 unspecified atom stereocenters. The van der Waals surface area contributed by atoms with Gasteiger partial charge in [-0.3, -0.25) is 9.69 Å². The Balaban J connectivity index is 1.56. The highest BCUT2D eigenvalue weighted by molar-refractivity contribution is 5.82. The van der Waals surface area contributed by atoms with E-state index in [0.717, 1.165) is 19.0 Å². The van der Waals surface area contributed by atoms with Crippen molar-refractivity contribution >= 4 is 5.91 Å². The van der Waals surface area contributed by atoms with Gasteiger partial charge in [0.1, 0.15) is 6.04 Å². The maximum absolute atomic E-state index is 12.5. The molecule has 3 rings (SSSR count). The fraction of sp³-hybridized carbons (Fsp3) is 0.650. The molecule has 2 atom stereocenters. The van der Waals surface area contributed by atoms with E-state index in [-0.39, 0.29) is 18.1 Å². The predicted molar refractivity (Wildman–Crippen MR) is 99.2 cm³/mol. The van der Waals surface area contributed by atoms with Gasteiger partial charge < -0.3 is 15.4 Å². The molecule has 0 aliphatic carbocycles. The van der Waals surface area contributed by atoms with Crippen LogP contribution in [0.4, 0.5) is 0 Å². The van der Waals surface area contributed by atoms with Crippen LogP contribution in [0.5, 0.6) is 0 Å². The smallest absolute Gasteiger partial charge is 0.240 e. The summed E-state index contributed by atoms with van der Waals surface area (Å²) in [7, 11) is 0. The lowest BCUT2D eigenvalue weighted by Crippen LogP contribution is -2.55. The molecule has 25 heavy (non-hydrogen) atoms. The normalized spacial score (nSPS) is 25.7. The Labute approximate surface area is 151 Å². The van der Waals surface area contributed by atoms with E-state index in [2.05, 4.69) is 40.7 Å². The van der Waals surface area contributed by atoms with Gasteiger partial charge in [-0.05, 0) is 49.9 Å². The number of nitrogens with zero attached hydrogens (tertiary/aromatic N) is 1. The highest BCUT2D eigenvalue weighted by atomic mass is 16.5. The number of benzene rings is 1. The third kappa shape index (κ3) is 5.03.